The normalized spacial score (nSPS) is 17.3. The highest BCUT2D eigenvalue weighted by atomic mass is 32.2. The Morgan fingerprint density at radius 3 is 2.57 bits per heavy atom. The van der Waals surface area contributed by atoms with Gasteiger partial charge in [-0.1, -0.05) is 6.07 Å². The van der Waals surface area contributed by atoms with Gasteiger partial charge in [0.1, 0.15) is 13.2 Å². The summed E-state index contributed by atoms with van der Waals surface area (Å²) in [6.45, 7) is 10.1. The van der Waals surface area contributed by atoms with Gasteiger partial charge in [0.15, 0.2) is 11.5 Å². The molecule has 0 fully saturated rings. The number of hydrogen-bond donors (Lipinski definition) is 1. The van der Waals surface area contributed by atoms with Crippen LogP contribution >= 0.6 is 0 Å². The van der Waals surface area contributed by atoms with Crippen molar-refractivity contribution >= 4 is 10.8 Å². The van der Waals surface area contributed by atoms with Crippen LogP contribution < -0.4 is 14.8 Å². The third-order valence-corrected chi connectivity index (χ3v) is 5.43. The van der Waals surface area contributed by atoms with Gasteiger partial charge >= 0.3 is 0 Å². The van der Waals surface area contributed by atoms with Crippen LogP contribution in [0.2, 0.25) is 0 Å². The Morgan fingerprint density at radius 2 is 1.90 bits per heavy atom. The Kier molecular flexibility index (Phi) is 5.27. The molecule has 0 saturated heterocycles. The Hall–Kier alpha value is -1.07. The van der Waals surface area contributed by atoms with Gasteiger partial charge in [0, 0.05) is 33.9 Å². The first-order valence-corrected chi connectivity index (χ1v) is 8.71. The molecule has 0 saturated carbocycles. The van der Waals surface area contributed by atoms with Crippen LogP contribution in [0.15, 0.2) is 18.2 Å². The summed E-state index contributed by atoms with van der Waals surface area (Å²) >= 11 is 0. The third kappa shape index (κ3) is 4.45. The number of benzene rings is 1. The lowest BCUT2D eigenvalue weighted by Crippen LogP contribution is -2.30. The van der Waals surface area contributed by atoms with Crippen LogP contribution in [0, 0.1) is 0 Å². The molecular formula is C16H25NO3S. The highest BCUT2D eigenvalue weighted by Crippen LogP contribution is 2.32. The minimum Gasteiger partial charge on any atom is -0.486 e. The van der Waals surface area contributed by atoms with E-state index in [-0.39, 0.29) is 10.8 Å². The zero-order valence-electron chi connectivity index (χ0n) is 13.3. The zero-order chi connectivity index (χ0) is 15.5. The number of nitrogens with one attached hydrogen (secondary N) is 1. The Balaban J connectivity index is 1.89. The van der Waals surface area contributed by atoms with Crippen molar-refractivity contribution in [1.29, 1.82) is 0 Å². The number of rotatable bonds is 5. The van der Waals surface area contributed by atoms with Gasteiger partial charge < -0.3 is 14.8 Å². The second kappa shape index (κ2) is 6.79. The van der Waals surface area contributed by atoms with E-state index in [2.05, 4.69) is 12.2 Å². The van der Waals surface area contributed by atoms with E-state index in [9.17, 15) is 4.21 Å². The predicted octanol–water partition coefficient (Wildman–Crippen LogP) is 2.66. The lowest BCUT2D eigenvalue weighted by atomic mass is 10.1. The molecule has 118 valence electrons. The van der Waals surface area contributed by atoms with Gasteiger partial charge in [-0.15, -0.1) is 0 Å². The number of fused-ring (bicyclic) bond motifs is 1. The van der Waals surface area contributed by atoms with E-state index in [0.717, 1.165) is 23.6 Å². The average molecular weight is 311 g/mol. The fourth-order valence-corrected chi connectivity index (χ4v) is 3.04. The maximum atomic E-state index is 12.0. The molecule has 2 atom stereocenters. The molecule has 0 radical (unpaired) electrons. The molecule has 1 aliphatic heterocycles. The van der Waals surface area contributed by atoms with Crippen molar-refractivity contribution < 1.29 is 13.7 Å². The van der Waals surface area contributed by atoms with E-state index >= 15 is 0 Å². The highest BCUT2D eigenvalue weighted by Gasteiger charge is 2.19. The lowest BCUT2D eigenvalue weighted by molar-refractivity contribution is 0.171. The predicted molar refractivity (Wildman–Crippen MR) is 86.6 cm³/mol. The summed E-state index contributed by atoms with van der Waals surface area (Å²) in [6, 6.07) is 6.21. The lowest BCUT2D eigenvalue weighted by Gasteiger charge is -2.22. The van der Waals surface area contributed by atoms with Gasteiger partial charge in [0.25, 0.3) is 0 Å². The molecule has 1 N–H and O–H groups in total. The highest BCUT2D eigenvalue weighted by molar-refractivity contribution is 7.86. The fourth-order valence-electron chi connectivity index (χ4n) is 2.12. The monoisotopic (exact) mass is 311 g/mol. The van der Waals surface area contributed by atoms with E-state index < -0.39 is 10.8 Å². The molecule has 1 aliphatic rings. The molecule has 1 aromatic carbocycles. The average Bonchev–Trinajstić information content (AvgIpc) is 2.45. The molecule has 0 spiro atoms. The molecular weight excluding hydrogens is 286 g/mol. The maximum Gasteiger partial charge on any atom is 0.161 e. The second-order valence-electron chi connectivity index (χ2n) is 6.24. The van der Waals surface area contributed by atoms with Crippen molar-refractivity contribution in [2.24, 2.45) is 0 Å². The van der Waals surface area contributed by atoms with E-state index in [1.54, 1.807) is 0 Å². The van der Waals surface area contributed by atoms with Gasteiger partial charge in [-0.2, -0.15) is 0 Å². The van der Waals surface area contributed by atoms with Crippen LogP contribution in [0.1, 0.15) is 39.3 Å². The van der Waals surface area contributed by atoms with E-state index in [1.165, 1.54) is 0 Å². The standard InChI is InChI=1S/C16H25NO3S/c1-12(17-7-10-21(18)16(2,3)4)13-5-6-14-15(11-13)20-9-8-19-14/h5-6,11-12,17H,7-10H2,1-4H3. The van der Waals surface area contributed by atoms with Gasteiger partial charge in [-0.05, 0) is 45.4 Å². The van der Waals surface area contributed by atoms with Crippen LogP contribution in [0.5, 0.6) is 11.5 Å². The fraction of sp³-hybridized carbons (Fsp3) is 0.625. The Morgan fingerprint density at radius 1 is 1.24 bits per heavy atom. The van der Waals surface area contributed by atoms with Crippen molar-refractivity contribution in [2.45, 2.75) is 38.5 Å². The topological polar surface area (TPSA) is 47.6 Å². The van der Waals surface area contributed by atoms with E-state index in [4.69, 9.17) is 9.47 Å². The quantitative estimate of drug-likeness (QED) is 0.908. The van der Waals surface area contributed by atoms with Crippen LogP contribution in [0.25, 0.3) is 0 Å². The van der Waals surface area contributed by atoms with E-state index in [0.29, 0.717) is 19.0 Å². The molecule has 0 amide bonds. The summed E-state index contributed by atoms with van der Waals surface area (Å²) in [6.07, 6.45) is 0. The Bertz CT molecular complexity index is 511. The summed E-state index contributed by atoms with van der Waals surface area (Å²) < 4.78 is 23.0. The smallest absolute Gasteiger partial charge is 0.161 e. The Labute approximate surface area is 129 Å². The van der Waals surface area contributed by atoms with Crippen molar-refractivity contribution in [2.75, 3.05) is 25.5 Å². The van der Waals surface area contributed by atoms with Crippen molar-refractivity contribution in [3.63, 3.8) is 0 Å². The molecule has 0 aromatic heterocycles. The van der Waals surface area contributed by atoms with Crippen LogP contribution in [0.4, 0.5) is 0 Å². The van der Waals surface area contributed by atoms with Gasteiger partial charge in [-0.3, -0.25) is 4.21 Å². The summed E-state index contributed by atoms with van der Waals surface area (Å²) in [5.41, 5.74) is 1.15. The molecule has 2 rings (SSSR count). The maximum absolute atomic E-state index is 12.0. The summed E-state index contributed by atoms with van der Waals surface area (Å²) in [5.74, 6) is 2.29. The first-order valence-electron chi connectivity index (χ1n) is 7.39. The largest absolute Gasteiger partial charge is 0.486 e. The van der Waals surface area contributed by atoms with Gasteiger partial charge in [0.05, 0.1) is 0 Å². The number of ether oxygens (including phenoxy) is 2. The van der Waals surface area contributed by atoms with Crippen molar-refractivity contribution in [3.8, 4) is 11.5 Å². The van der Waals surface area contributed by atoms with Crippen LogP contribution in [-0.2, 0) is 10.8 Å². The first-order chi connectivity index (χ1) is 9.88. The van der Waals surface area contributed by atoms with Crippen LogP contribution in [-0.4, -0.2) is 34.5 Å². The van der Waals surface area contributed by atoms with Crippen LogP contribution in [0.3, 0.4) is 0 Å². The van der Waals surface area contributed by atoms with Crippen molar-refractivity contribution in [1.82, 2.24) is 5.32 Å². The summed E-state index contributed by atoms with van der Waals surface area (Å²) in [7, 11) is -0.819. The second-order valence-corrected chi connectivity index (χ2v) is 8.56. The van der Waals surface area contributed by atoms with Gasteiger partial charge in [0.2, 0.25) is 0 Å². The molecule has 1 heterocycles. The minimum absolute atomic E-state index is 0.151. The summed E-state index contributed by atoms with van der Waals surface area (Å²) in [5, 5.41) is 3.42. The minimum atomic E-state index is -0.819. The SMILES string of the molecule is CC(NCCS(=O)C(C)(C)C)c1ccc2c(c1)OCCO2. The molecule has 0 bridgehead atoms. The molecule has 5 heteroatoms. The first kappa shape index (κ1) is 16.3. The molecule has 1 aromatic rings. The molecule has 2 unspecified atom stereocenters. The zero-order valence-corrected chi connectivity index (χ0v) is 14.1. The van der Waals surface area contributed by atoms with E-state index in [1.807, 2.05) is 39.0 Å². The van der Waals surface area contributed by atoms with Crippen molar-refractivity contribution in [3.05, 3.63) is 23.8 Å². The number of hydrogen-bond acceptors (Lipinski definition) is 4. The summed E-state index contributed by atoms with van der Waals surface area (Å²) in [4.78, 5) is 0. The molecule has 21 heavy (non-hydrogen) atoms. The third-order valence-electron chi connectivity index (χ3n) is 3.49. The molecule has 4 nitrogen and oxygen atoms in total. The molecule has 0 aliphatic carbocycles. The van der Waals surface area contributed by atoms with Gasteiger partial charge in [-0.25, -0.2) is 0 Å².